The molecule has 0 saturated carbocycles. The van der Waals surface area contributed by atoms with E-state index in [-0.39, 0.29) is 5.82 Å². The van der Waals surface area contributed by atoms with Crippen molar-refractivity contribution in [3.05, 3.63) is 41.4 Å². The van der Waals surface area contributed by atoms with Gasteiger partial charge in [0.05, 0.1) is 0 Å². The first-order valence-electron chi connectivity index (χ1n) is 8.40. The molecule has 1 aromatic carbocycles. The summed E-state index contributed by atoms with van der Waals surface area (Å²) in [5.74, 6) is 0.350. The van der Waals surface area contributed by atoms with Gasteiger partial charge in [-0.2, -0.15) is 0 Å². The number of halogens is 1. The largest absolute Gasteiger partial charge is 0.465 e. The Morgan fingerprint density at radius 3 is 2.56 bits per heavy atom. The fraction of sp³-hybridized carbons (Fsp3) is 0.353. The SMILES string of the molecule is Cc1cc(NC(=O)Nc2cc(F)cc(CN3CCN(C(=O)O)CC3)c2)no1. The number of rotatable bonds is 4. The zero-order chi connectivity index (χ0) is 19.4. The molecule has 0 spiro atoms. The standard InChI is InChI=1S/C17H20FN5O4/c1-11-6-15(21-27-11)20-16(24)19-14-8-12(7-13(18)9-14)10-22-2-4-23(5-3-22)17(25)26/h6-9H,2-5,10H2,1H3,(H,25,26)(H2,19,20,21,24). The molecule has 9 nitrogen and oxygen atoms in total. The van der Waals surface area contributed by atoms with Crippen molar-refractivity contribution in [1.82, 2.24) is 15.0 Å². The zero-order valence-corrected chi connectivity index (χ0v) is 14.7. The predicted octanol–water partition coefficient (Wildman–Crippen LogP) is 2.56. The number of aromatic nitrogens is 1. The molecule has 1 saturated heterocycles. The molecule has 0 bridgehead atoms. The van der Waals surface area contributed by atoms with Gasteiger partial charge in [0.25, 0.3) is 0 Å². The normalized spacial score (nSPS) is 14.8. The number of carboxylic acid groups (broad SMARTS) is 1. The first kappa shape index (κ1) is 18.6. The zero-order valence-electron chi connectivity index (χ0n) is 14.7. The number of hydrogen-bond acceptors (Lipinski definition) is 5. The minimum Gasteiger partial charge on any atom is -0.465 e. The van der Waals surface area contributed by atoms with Crippen LogP contribution in [0.4, 0.5) is 25.5 Å². The van der Waals surface area contributed by atoms with Crippen LogP contribution < -0.4 is 10.6 Å². The lowest BCUT2D eigenvalue weighted by Gasteiger charge is -2.33. The number of amides is 3. The Balaban J connectivity index is 1.59. The van der Waals surface area contributed by atoms with Crippen LogP contribution in [0.25, 0.3) is 0 Å². The van der Waals surface area contributed by atoms with E-state index in [0.29, 0.717) is 49.7 Å². The van der Waals surface area contributed by atoms with Crippen LogP contribution in [0.3, 0.4) is 0 Å². The second-order valence-corrected chi connectivity index (χ2v) is 6.30. The fourth-order valence-corrected chi connectivity index (χ4v) is 2.87. The summed E-state index contributed by atoms with van der Waals surface area (Å²) >= 11 is 0. The highest BCUT2D eigenvalue weighted by Gasteiger charge is 2.20. The van der Waals surface area contributed by atoms with Crippen LogP contribution in [0.1, 0.15) is 11.3 Å². The van der Waals surface area contributed by atoms with Crippen LogP contribution in [0.5, 0.6) is 0 Å². The van der Waals surface area contributed by atoms with E-state index in [0.717, 1.165) is 0 Å². The van der Waals surface area contributed by atoms with Crippen LogP contribution in [-0.2, 0) is 6.54 Å². The van der Waals surface area contributed by atoms with Gasteiger partial charge in [-0.3, -0.25) is 10.2 Å². The molecule has 2 aromatic rings. The van der Waals surface area contributed by atoms with Crippen molar-refractivity contribution in [2.45, 2.75) is 13.5 Å². The van der Waals surface area contributed by atoms with Gasteiger partial charge >= 0.3 is 12.1 Å². The van der Waals surface area contributed by atoms with E-state index in [1.807, 2.05) is 4.90 Å². The molecule has 144 valence electrons. The molecule has 3 N–H and O–H groups in total. The number of aryl methyl sites for hydroxylation is 1. The minimum absolute atomic E-state index is 0.262. The fourth-order valence-electron chi connectivity index (χ4n) is 2.87. The topological polar surface area (TPSA) is 111 Å². The molecule has 10 heteroatoms. The van der Waals surface area contributed by atoms with Gasteiger partial charge in [0.15, 0.2) is 5.82 Å². The molecule has 1 aliphatic rings. The Kier molecular flexibility index (Phi) is 5.55. The molecule has 1 fully saturated rings. The van der Waals surface area contributed by atoms with E-state index in [1.165, 1.54) is 17.0 Å². The highest BCUT2D eigenvalue weighted by atomic mass is 19.1. The highest BCUT2D eigenvalue weighted by molar-refractivity contribution is 5.99. The quantitative estimate of drug-likeness (QED) is 0.755. The predicted molar refractivity (Wildman–Crippen MR) is 95.2 cm³/mol. The summed E-state index contributed by atoms with van der Waals surface area (Å²) in [5, 5.41) is 17.7. The van der Waals surface area contributed by atoms with Gasteiger partial charge < -0.3 is 19.8 Å². The van der Waals surface area contributed by atoms with Crippen molar-refractivity contribution < 1.29 is 23.6 Å². The maximum atomic E-state index is 13.9. The van der Waals surface area contributed by atoms with Gasteiger partial charge in [0.1, 0.15) is 11.6 Å². The van der Waals surface area contributed by atoms with E-state index in [9.17, 15) is 14.0 Å². The lowest BCUT2D eigenvalue weighted by Crippen LogP contribution is -2.47. The number of carbonyl (C=O) groups excluding carboxylic acids is 1. The summed E-state index contributed by atoms with van der Waals surface area (Å²) in [5.41, 5.74) is 0.998. The van der Waals surface area contributed by atoms with Crippen LogP contribution in [-0.4, -0.2) is 58.4 Å². The summed E-state index contributed by atoms with van der Waals surface area (Å²) < 4.78 is 18.8. The first-order chi connectivity index (χ1) is 12.9. The smallest absolute Gasteiger partial charge is 0.407 e. The van der Waals surface area contributed by atoms with Crippen molar-refractivity contribution >= 4 is 23.6 Å². The average molecular weight is 377 g/mol. The van der Waals surface area contributed by atoms with Crippen LogP contribution in [0.2, 0.25) is 0 Å². The molecule has 1 aliphatic heterocycles. The first-order valence-corrected chi connectivity index (χ1v) is 8.40. The molecule has 3 amide bonds. The number of carbonyl (C=O) groups is 2. The number of nitrogens with one attached hydrogen (secondary N) is 2. The summed E-state index contributed by atoms with van der Waals surface area (Å²) in [6.45, 7) is 4.12. The molecular formula is C17H20FN5O4. The van der Waals surface area contributed by atoms with Crippen molar-refractivity contribution in [1.29, 1.82) is 0 Å². The van der Waals surface area contributed by atoms with Crippen LogP contribution in [0.15, 0.2) is 28.8 Å². The molecule has 0 unspecified atom stereocenters. The third kappa shape index (κ3) is 5.17. The number of anilines is 2. The van der Waals surface area contributed by atoms with Gasteiger partial charge in [0, 0.05) is 44.5 Å². The summed E-state index contributed by atoms with van der Waals surface area (Å²) in [7, 11) is 0. The second-order valence-electron chi connectivity index (χ2n) is 6.30. The van der Waals surface area contributed by atoms with E-state index in [1.54, 1.807) is 19.1 Å². The number of hydrogen-bond donors (Lipinski definition) is 3. The van der Waals surface area contributed by atoms with Gasteiger partial charge in [-0.05, 0) is 30.7 Å². The van der Waals surface area contributed by atoms with Gasteiger partial charge in [-0.15, -0.1) is 0 Å². The van der Waals surface area contributed by atoms with Crippen molar-refractivity contribution in [3.8, 4) is 0 Å². The van der Waals surface area contributed by atoms with E-state index in [2.05, 4.69) is 15.8 Å². The Morgan fingerprint density at radius 1 is 1.19 bits per heavy atom. The number of urea groups is 1. The number of nitrogens with zero attached hydrogens (tertiary/aromatic N) is 3. The Morgan fingerprint density at radius 2 is 1.93 bits per heavy atom. The maximum absolute atomic E-state index is 13.9. The number of benzene rings is 1. The summed E-state index contributed by atoms with van der Waals surface area (Å²) in [6.07, 6.45) is -0.930. The van der Waals surface area contributed by atoms with Crippen molar-refractivity contribution in [2.24, 2.45) is 0 Å². The molecule has 0 atom stereocenters. The van der Waals surface area contributed by atoms with E-state index < -0.39 is 17.9 Å². The molecule has 1 aromatic heterocycles. The van der Waals surface area contributed by atoms with Gasteiger partial charge in [0.2, 0.25) is 0 Å². The van der Waals surface area contributed by atoms with Gasteiger partial charge in [-0.25, -0.2) is 14.0 Å². The molecule has 2 heterocycles. The maximum Gasteiger partial charge on any atom is 0.407 e. The average Bonchev–Trinajstić information content (AvgIpc) is 2.99. The van der Waals surface area contributed by atoms with Crippen LogP contribution in [0, 0.1) is 12.7 Å². The highest BCUT2D eigenvalue weighted by Crippen LogP contribution is 2.17. The van der Waals surface area contributed by atoms with Gasteiger partial charge in [-0.1, -0.05) is 5.16 Å². The Labute approximate surface area is 154 Å². The third-order valence-corrected chi connectivity index (χ3v) is 4.13. The molecule has 0 aliphatic carbocycles. The monoisotopic (exact) mass is 377 g/mol. The Bertz CT molecular complexity index is 832. The van der Waals surface area contributed by atoms with Crippen LogP contribution >= 0.6 is 0 Å². The molecule has 0 radical (unpaired) electrons. The lowest BCUT2D eigenvalue weighted by molar-refractivity contribution is 0.103. The number of piperazine rings is 1. The van der Waals surface area contributed by atoms with E-state index in [4.69, 9.17) is 9.63 Å². The van der Waals surface area contributed by atoms with E-state index >= 15 is 0 Å². The van der Waals surface area contributed by atoms with Crippen molar-refractivity contribution in [2.75, 3.05) is 36.8 Å². The third-order valence-electron chi connectivity index (χ3n) is 4.13. The summed E-state index contributed by atoms with van der Waals surface area (Å²) in [6, 6.07) is 5.30. The lowest BCUT2D eigenvalue weighted by atomic mass is 10.1. The Hall–Kier alpha value is -3.14. The molecule has 27 heavy (non-hydrogen) atoms. The summed E-state index contributed by atoms with van der Waals surface area (Å²) in [4.78, 5) is 26.3. The molecular weight excluding hydrogens is 357 g/mol. The van der Waals surface area contributed by atoms with Crippen molar-refractivity contribution in [3.63, 3.8) is 0 Å². The minimum atomic E-state index is -0.930. The second kappa shape index (κ2) is 8.04. The molecule has 3 rings (SSSR count).